The summed E-state index contributed by atoms with van der Waals surface area (Å²) < 4.78 is 0. The fraction of sp³-hybridized carbons (Fsp3) is 0.529. The number of nitrogens with zero attached hydrogens (tertiary/aromatic N) is 1. The van der Waals surface area contributed by atoms with Crippen LogP contribution in [0.1, 0.15) is 51.2 Å². The lowest BCUT2D eigenvalue weighted by Gasteiger charge is -2.32. The second-order valence-electron chi connectivity index (χ2n) is 6.06. The van der Waals surface area contributed by atoms with E-state index in [1.54, 1.807) is 6.92 Å². The van der Waals surface area contributed by atoms with E-state index in [4.69, 9.17) is 0 Å². The highest BCUT2D eigenvalue weighted by Crippen LogP contribution is 2.30. The van der Waals surface area contributed by atoms with E-state index in [9.17, 15) is 9.59 Å². The van der Waals surface area contributed by atoms with Gasteiger partial charge in [0, 0.05) is 19.2 Å². The summed E-state index contributed by atoms with van der Waals surface area (Å²) >= 11 is 0. The monoisotopic (exact) mass is 288 g/mol. The third kappa shape index (κ3) is 3.43. The molecule has 2 rings (SSSR count). The molecule has 1 aromatic carbocycles. The van der Waals surface area contributed by atoms with E-state index in [1.165, 1.54) is 18.1 Å². The minimum Gasteiger partial charge on any atom is -0.345 e. The predicted molar refractivity (Wildman–Crippen MR) is 84.5 cm³/mol. The zero-order valence-corrected chi connectivity index (χ0v) is 13.3. The Kier molecular flexibility index (Phi) is 4.66. The van der Waals surface area contributed by atoms with E-state index in [2.05, 4.69) is 31.3 Å². The minimum atomic E-state index is -0.488. The van der Waals surface area contributed by atoms with E-state index in [0.717, 1.165) is 25.1 Å². The van der Waals surface area contributed by atoms with Crippen molar-refractivity contribution in [2.24, 2.45) is 0 Å². The molecule has 0 fully saturated rings. The third-order valence-corrected chi connectivity index (χ3v) is 3.95. The summed E-state index contributed by atoms with van der Waals surface area (Å²) in [5.41, 5.74) is 3.53. The van der Waals surface area contributed by atoms with Gasteiger partial charge >= 0.3 is 0 Å². The Bertz CT molecular complexity index is 552. The number of hydrogen-bond donors (Lipinski definition) is 1. The number of benzene rings is 1. The maximum absolute atomic E-state index is 12.5. The summed E-state index contributed by atoms with van der Waals surface area (Å²) in [6.45, 7) is 8.23. The van der Waals surface area contributed by atoms with Crippen molar-refractivity contribution < 1.29 is 9.59 Å². The van der Waals surface area contributed by atoms with Gasteiger partial charge in [0.1, 0.15) is 6.04 Å². The average molecular weight is 288 g/mol. The molecule has 0 aliphatic carbocycles. The van der Waals surface area contributed by atoms with Crippen LogP contribution in [0.4, 0.5) is 5.69 Å². The number of nitrogens with one attached hydrogen (secondary N) is 1. The molecule has 0 aromatic heterocycles. The third-order valence-electron chi connectivity index (χ3n) is 3.95. The largest absolute Gasteiger partial charge is 0.345 e. The van der Waals surface area contributed by atoms with Gasteiger partial charge in [0.15, 0.2) is 0 Å². The van der Waals surface area contributed by atoms with Crippen LogP contribution in [0.15, 0.2) is 18.2 Å². The highest BCUT2D eigenvalue weighted by molar-refractivity contribution is 5.99. The van der Waals surface area contributed by atoms with Gasteiger partial charge in [0.2, 0.25) is 11.8 Å². The summed E-state index contributed by atoms with van der Waals surface area (Å²) in [6, 6.07) is 5.86. The fourth-order valence-electron chi connectivity index (χ4n) is 2.81. The molecule has 0 saturated carbocycles. The van der Waals surface area contributed by atoms with Gasteiger partial charge in [-0.3, -0.25) is 9.59 Å². The molecule has 0 bridgehead atoms. The molecule has 1 N–H and O–H groups in total. The SMILES string of the molecule is CC(=O)NC(C)C(=O)N1CCCc2cc(C(C)C)ccc21. The molecular weight excluding hydrogens is 264 g/mol. The van der Waals surface area contributed by atoms with E-state index in [0.29, 0.717) is 5.92 Å². The first-order valence-electron chi connectivity index (χ1n) is 7.61. The van der Waals surface area contributed by atoms with Gasteiger partial charge in [-0.2, -0.15) is 0 Å². The van der Waals surface area contributed by atoms with Crippen molar-refractivity contribution in [1.29, 1.82) is 0 Å². The molecule has 1 unspecified atom stereocenters. The number of carbonyl (C=O) groups excluding carboxylic acids is 2. The minimum absolute atomic E-state index is 0.0385. The number of aryl methyl sites for hydroxylation is 1. The Hall–Kier alpha value is -1.84. The van der Waals surface area contributed by atoms with Gasteiger partial charge in [-0.25, -0.2) is 0 Å². The van der Waals surface area contributed by atoms with Crippen LogP contribution >= 0.6 is 0 Å². The Morgan fingerprint density at radius 2 is 1.95 bits per heavy atom. The van der Waals surface area contributed by atoms with Crippen molar-refractivity contribution in [3.63, 3.8) is 0 Å². The Balaban J connectivity index is 2.25. The standard InChI is InChI=1S/C17H24N2O2/c1-11(2)14-7-8-16-15(10-14)6-5-9-19(16)17(21)12(3)18-13(4)20/h7-8,10-12H,5-6,9H2,1-4H3,(H,18,20). The summed E-state index contributed by atoms with van der Waals surface area (Å²) in [7, 11) is 0. The zero-order chi connectivity index (χ0) is 15.6. The van der Waals surface area contributed by atoms with Crippen molar-refractivity contribution in [2.75, 3.05) is 11.4 Å². The van der Waals surface area contributed by atoms with E-state index >= 15 is 0 Å². The molecule has 21 heavy (non-hydrogen) atoms. The van der Waals surface area contributed by atoms with Crippen LogP contribution < -0.4 is 10.2 Å². The number of hydrogen-bond acceptors (Lipinski definition) is 2. The van der Waals surface area contributed by atoms with Crippen LogP contribution in [0.25, 0.3) is 0 Å². The quantitative estimate of drug-likeness (QED) is 0.929. The summed E-state index contributed by atoms with van der Waals surface area (Å²) in [5, 5.41) is 2.67. The molecule has 1 aliphatic rings. The van der Waals surface area contributed by atoms with Crippen LogP contribution in [0.5, 0.6) is 0 Å². The highest BCUT2D eigenvalue weighted by Gasteiger charge is 2.26. The molecule has 4 nitrogen and oxygen atoms in total. The van der Waals surface area contributed by atoms with Gasteiger partial charge in [-0.15, -0.1) is 0 Å². The molecule has 0 spiro atoms. The molecule has 1 aromatic rings. The molecule has 1 heterocycles. The topological polar surface area (TPSA) is 49.4 Å². The molecule has 0 saturated heterocycles. The summed E-state index contributed by atoms with van der Waals surface area (Å²) in [6.07, 6.45) is 1.97. The predicted octanol–water partition coefficient (Wildman–Crippen LogP) is 2.61. The lowest BCUT2D eigenvalue weighted by Crippen LogP contribution is -2.48. The fourth-order valence-corrected chi connectivity index (χ4v) is 2.81. The van der Waals surface area contributed by atoms with Gasteiger partial charge in [0.25, 0.3) is 0 Å². The summed E-state index contributed by atoms with van der Waals surface area (Å²) in [4.78, 5) is 25.5. The first-order chi connectivity index (χ1) is 9.90. The van der Waals surface area contributed by atoms with E-state index < -0.39 is 6.04 Å². The van der Waals surface area contributed by atoms with Crippen LogP contribution in [0, 0.1) is 0 Å². The average Bonchev–Trinajstić information content (AvgIpc) is 2.44. The smallest absolute Gasteiger partial charge is 0.249 e. The van der Waals surface area contributed by atoms with E-state index in [-0.39, 0.29) is 11.8 Å². The second kappa shape index (κ2) is 6.29. The molecule has 4 heteroatoms. The first-order valence-corrected chi connectivity index (χ1v) is 7.61. The van der Waals surface area contributed by atoms with Crippen molar-refractivity contribution in [3.8, 4) is 0 Å². The second-order valence-corrected chi connectivity index (χ2v) is 6.06. The Morgan fingerprint density at radius 1 is 1.24 bits per heavy atom. The van der Waals surface area contributed by atoms with E-state index in [1.807, 2.05) is 11.0 Å². The van der Waals surface area contributed by atoms with Gasteiger partial charge in [-0.05, 0) is 42.9 Å². The van der Waals surface area contributed by atoms with Gasteiger partial charge < -0.3 is 10.2 Å². The van der Waals surface area contributed by atoms with Crippen molar-refractivity contribution in [3.05, 3.63) is 29.3 Å². The Labute approximate surface area is 126 Å². The van der Waals surface area contributed by atoms with Crippen LogP contribution in [0.2, 0.25) is 0 Å². The first kappa shape index (κ1) is 15.5. The van der Waals surface area contributed by atoms with Gasteiger partial charge in [-0.1, -0.05) is 26.0 Å². The molecule has 114 valence electrons. The Morgan fingerprint density at radius 3 is 2.57 bits per heavy atom. The van der Waals surface area contributed by atoms with Gasteiger partial charge in [0.05, 0.1) is 0 Å². The number of fused-ring (bicyclic) bond motifs is 1. The highest BCUT2D eigenvalue weighted by atomic mass is 16.2. The zero-order valence-electron chi connectivity index (χ0n) is 13.3. The molecular formula is C17H24N2O2. The number of anilines is 1. The lowest BCUT2D eigenvalue weighted by atomic mass is 9.94. The normalized spacial score (nSPS) is 15.6. The molecule has 1 aliphatic heterocycles. The van der Waals surface area contributed by atoms with Crippen molar-refractivity contribution in [2.45, 2.75) is 52.5 Å². The molecule has 0 radical (unpaired) electrons. The summed E-state index contributed by atoms with van der Waals surface area (Å²) in [5.74, 6) is 0.270. The van der Waals surface area contributed by atoms with Crippen LogP contribution in [-0.4, -0.2) is 24.4 Å². The number of rotatable bonds is 3. The van der Waals surface area contributed by atoms with Crippen LogP contribution in [-0.2, 0) is 16.0 Å². The lowest BCUT2D eigenvalue weighted by molar-refractivity contribution is -0.126. The number of carbonyl (C=O) groups is 2. The maximum atomic E-state index is 12.5. The molecule has 1 atom stereocenters. The molecule has 2 amide bonds. The van der Waals surface area contributed by atoms with Crippen molar-refractivity contribution >= 4 is 17.5 Å². The van der Waals surface area contributed by atoms with Crippen molar-refractivity contribution in [1.82, 2.24) is 5.32 Å². The van der Waals surface area contributed by atoms with Crippen LogP contribution in [0.3, 0.4) is 0 Å². The number of amides is 2. The maximum Gasteiger partial charge on any atom is 0.249 e.